The number of rotatable bonds is 2. The maximum atomic E-state index is 12.1. The Labute approximate surface area is 116 Å². The molecule has 5 nitrogen and oxygen atoms in total. The summed E-state index contributed by atoms with van der Waals surface area (Å²) in [5.41, 5.74) is -0.367. The van der Waals surface area contributed by atoms with Gasteiger partial charge in [-0.3, -0.25) is 9.69 Å². The molecule has 1 heterocycles. The van der Waals surface area contributed by atoms with Gasteiger partial charge < -0.3 is 4.90 Å². The molecule has 0 aromatic rings. The highest BCUT2D eigenvalue weighted by atomic mass is 16.3. The summed E-state index contributed by atoms with van der Waals surface area (Å²) in [5.74, 6) is -0.0570. The second-order valence-corrected chi connectivity index (χ2v) is 7.25. The molecule has 0 aliphatic carbocycles. The standard InChI is InChI=1S/C14H28N3O2/c1-13(2,3)16-9-7-15(8-10-16)12(18)11-17(19)14(4,5)6/h7-11H2,1-6H3/q+1. The summed E-state index contributed by atoms with van der Waals surface area (Å²) in [5, 5.41) is 0. The summed E-state index contributed by atoms with van der Waals surface area (Å²) in [6.45, 7) is 15.2. The smallest absolute Gasteiger partial charge is 0.292 e. The van der Waals surface area contributed by atoms with Gasteiger partial charge in [-0.2, -0.15) is 0 Å². The largest absolute Gasteiger partial charge is 0.335 e. The van der Waals surface area contributed by atoms with E-state index in [2.05, 4.69) is 25.7 Å². The van der Waals surface area contributed by atoms with Gasteiger partial charge in [-0.15, -0.1) is 0 Å². The zero-order valence-electron chi connectivity index (χ0n) is 13.2. The number of carbonyl (C=O) groups excluding carboxylic acids is 1. The molecule has 110 valence electrons. The fraction of sp³-hybridized carbons (Fsp3) is 0.929. The molecular formula is C14H28N3O2+. The predicted molar refractivity (Wildman–Crippen MR) is 76.2 cm³/mol. The molecule has 0 bridgehead atoms. The van der Waals surface area contributed by atoms with Crippen LogP contribution in [0.1, 0.15) is 41.5 Å². The molecule has 1 fully saturated rings. The molecule has 0 N–H and O–H groups in total. The predicted octanol–water partition coefficient (Wildman–Crippen LogP) is 1.51. The lowest BCUT2D eigenvalue weighted by molar-refractivity contribution is -0.606. The van der Waals surface area contributed by atoms with Gasteiger partial charge in [0.25, 0.3) is 12.5 Å². The van der Waals surface area contributed by atoms with Gasteiger partial charge in [0, 0.05) is 62.2 Å². The van der Waals surface area contributed by atoms with Gasteiger partial charge in [-0.1, -0.05) is 0 Å². The number of nitroso groups, excluding NO2 is 1. The van der Waals surface area contributed by atoms with E-state index in [9.17, 15) is 9.70 Å². The van der Waals surface area contributed by atoms with Crippen LogP contribution in [0.25, 0.3) is 0 Å². The lowest BCUT2D eigenvalue weighted by atomic mass is 10.0. The first-order valence-electron chi connectivity index (χ1n) is 6.99. The third-order valence-electron chi connectivity index (χ3n) is 3.61. The minimum Gasteiger partial charge on any atom is -0.335 e. The quantitative estimate of drug-likeness (QED) is 0.714. The molecule has 1 saturated heterocycles. The highest BCUT2D eigenvalue weighted by molar-refractivity contribution is 5.77. The average Bonchev–Trinajstić information content (AvgIpc) is 2.26. The number of amides is 1. The van der Waals surface area contributed by atoms with Crippen molar-refractivity contribution in [3.63, 3.8) is 0 Å². The Bertz CT molecular complexity index is 345. The van der Waals surface area contributed by atoms with Crippen LogP contribution in [0.3, 0.4) is 0 Å². The minimum absolute atomic E-state index is 0.0426. The van der Waals surface area contributed by atoms with Crippen LogP contribution in [0.5, 0.6) is 0 Å². The molecule has 1 aliphatic heterocycles. The third-order valence-corrected chi connectivity index (χ3v) is 3.61. The van der Waals surface area contributed by atoms with Crippen LogP contribution in [0.15, 0.2) is 0 Å². The van der Waals surface area contributed by atoms with Gasteiger partial charge in [-0.05, 0) is 20.8 Å². The fourth-order valence-electron chi connectivity index (χ4n) is 2.09. The van der Waals surface area contributed by atoms with Crippen molar-refractivity contribution >= 4 is 5.91 Å². The van der Waals surface area contributed by atoms with Crippen LogP contribution in [0.2, 0.25) is 0 Å². The second-order valence-electron chi connectivity index (χ2n) is 7.25. The van der Waals surface area contributed by atoms with Crippen molar-refractivity contribution in [3.05, 3.63) is 4.91 Å². The molecule has 0 spiro atoms. The Morgan fingerprint density at radius 3 is 1.84 bits per heavy atom. The lowest BCUT2D eigenvalue weighted by Crippen LogP contribution is -2.55. The van der Waals surface area contributed by atoms with E-state index in [4.69, 9.17) is 0 Å². The highest BCUT2D eigenvalue weighted by Gasteiger charge is 2.34. The molecule has 5 heteroatoms. The van der Waals surface area contributed by atoms with Crippen molar-refractivity contribution < 1.29 is 9.55 Å². The topological polar surface area (TPSA) is 43.6 Å². The Hall–Kier alpha value is -0.970. The fourth-order valence-corrected chi connectivity index (χ4v) is 2.09. The van der Waals surface area contributed by atoms with Gasteiger partial charge in [0.15, 0.2) is 0 Å². The third kappa shape index (κ3) is 4.56. The number of carbonyl (C=O) groups is 1. The molecule has 0 aromatic heterocycles. The summed E-state index contributed by atoms with van der Waals surface area (Å²) < 4.78 is 0.867. The van der Waals surface area contributed by atoms with E-state index < -0.39 is 5.54 Å². The first-order chi connectivity index (χ1) is 8.51. The van der Waals surface area contributed by atoms with Crippen LogP contribution in [0, 0.1) is 4.91 Å². The normalized spacial score (nSPS) is 18.5. The van der Waals surface area contributed by atoms with Gasteiger partial charge >= 0.3 is 0 Å². The van der Waals surface area contributed by atoms with Crippen molar-refractivity contribution in [2.24, 2.45) is 0 Å². The number of nitrogens with zero attached hydrogens (tertiary/aromatic N) is 3. The van der Waals surface area contributed by atoms with E-state index in [1.807, 2.05) is 20.8 Å². The van der Waals surface area contributed by atoms with E-state index in [0.717, 1.165) is 17.8 Å². The minimum atomic E-state index is -0.511. The molecule has 19 heavy (non-hydrogen) atoms. The molecule has 0 radical (unpaired) electrons. The van der Waals surface area contributed by atoms with E-state index in [0.29, 0.717) is 13.1 Å². The molecule has 0 unspecified atom stereocenters. The SMILES string of the molecule is CC(C)(C)N1CCN(C(=O)C[N+](=O)C(C)(C)C)CC1. The highest BCUT2D eigenvalue weighted by Crippen LogP contribution is 2.16. The average molecular weight is 270 g/mol. The summed E-state index contributed by atoms with van der Waals surface area (Å²) in [6.07, 6.45) is 0. The van der Waals surface area contributed by atoms with Crippen molar-refractivity contribution in [2.45, 2.75) is 52.6 Å². The van der Waals surface area contributed by atoms with Gasteiger partial charge in [0.1, 0.15) is 0 Å². The maximum absolute atomic E-state index is 12.1. The van der Waals surface area contributed by atoms with Gasteiger partial charge in [0.2, 0.25) is 5.54 Å². The monoisotopic (exact) mass is 270 g/mol. The van der Waals surface area contributed by atoms with Crippen LogP contribution in [0.4, 0.5) is 0 Å². The van der Waals surface area contributed by atoms with Crippen molar-refractivity contribution in [1.29, 1.82) is 0 Å². The Kier molecular flexibility index (Phi) is 4.72. The van der Waals surface area contributed by atoms with Gasteiger partial charge in [0.05, 0.1) is 0 Å². The number of hydrogen-bond acceptors (Lipinski definition) is 3. The zero-order chi connectivity index (χ0) is 14.8. The Morgan fingerprint density at radius 1 is 1.00 bits per heavy atom. The molecule has 0 saturated carbocycles. The Morgan fingerprint density at radius 2 is 1.47 bits per heavy atom. The summed E-state index contributed by atoms with van der Waals surface area (Å²) in [7, 11) is 0. The number of piperazine rings is 1. The maximum Gasteiger partial charge on any atom is 0.292 e. The summed E-state index contributed by atoms with van der Waals surface area (Å²) in [6, 6.07) is 0. The van der Waals surface area contributed by atoms with Crippen molar-refractivity contribution in [1.82, 2.24) is 9.80 Å². The zero-order valence-corrected chi connectivity index (χ0v) is 13.2. The van der Waals surface area contributed by atoms with Gasteiger partial charge in [-0.25, -0.2) is 0 Å². The summed E-state index contributed by atoms with van der Waals surface area (Å²) >= 11 is 0. The molecular weight excluding hydrogens is 242 g/mol. The first-order valence-corrected chi connectivity index (χ1v) is 6.99. The molecule has 1 amide bonds. The number of hydrogen-bond donors (Lipinski definition) is 0. The lowest BCUT2D eigenvalue weighted by Gasteiger charge is -2.41. The molecule has 0 atom stereocenters. The van der Waals surface area contributed by atoms with Crippen LogP contribution in [-0.4, -0.2) is 64.3 Å². The van der Waals surface area contributed by atoms with Crippen LogP contribution < -0.4 is 0 Å². The molecule has 0 aromatic carbocycles. The second kappa shape index (κ2) is 5.57. The van der Waals surface area contributed by atoms with E-state index >= 15 is 0 Å². The summed E-state index contributed by atoms with van der Waals surface area (Å²) in [4.78, 5) is 28.1. The molecule has 1 rings (SSSR count). The van der Waals surface area contributed by atoms with E-state index in [1.54, 1.807) is 4.90 Å². The van der Waals surface area contributed by atoms with Crippen molar-refractivity contribution in [3.8, 4) is 0 Å². The molecule has 1 aliphatic rings. The van der Waals surface area contributed by atoms with E-state index in [-0.39, 0.29) is 18.0 Å². The first kappa shape index (κ1) is 16.1. The van der Waals surface area contributed by atoms with Crippen molar-refractivity contribution in [2.75, 3.05) is 32.7 Å². The van der Waals surface area contributed by atoms with Crippen LogP contribution >= 0.6 is 0 Å². The van der Waals surface area contributed by atoms with Crippen LogP contribution in [-0.2, 0) is 4.79 Å². The van der Waals surface area contributed by atoms with E-state index in [1.165, 1.54) is 0 Å². The Balaban J connectivity index is 2.48.